The first-order valence-corrected chi connectivity index (χ1v) is 8.92. The van der Waals surface area contributed by atoms with Gasteiger partial charge in [-0.05, 0) is 41.8 Å². The number of benzene rings is 2. The number of hydrogen-bond acceptors (Lipinski definition) is 5. The molecule has 1 atom stereocenters. The lowest BCUT2D eigenvalue weighted by Crippen LogP contribution is -2.44. The average molecular weight is 369 g/mol. The van der Waals surface area contributed by atoms with E-state index in [1.807, 2.05) is 23.1 Å². The Hall–Kier alpha value is -2.89. The van der Waals surface area contributed by atoms with Gasteiger partial charge in [-0.1, -0.05) is 0 Å². The maximum atomic E-state index is 13.2. The minimum atomic E-state index is -0.0606. The van der Waals surface area contributed by atoms with Gasteiger partial charge in [-0.2, -0.15) is 0 Å². The number of nitrogens with zero attached hydrogens (tertiary/aromatic N) is 1. The lowest BCUT2D eigenvalue weighted by molar-refractivity contribution is 0.0629. The summed E-state index contributed by atoms with van der Waals surface area (Å²) in [5.41, 5.74) is 3.87. The Morgan fingerprint density at radius 2 is 1.63 bits per heavy atom. The van der Waals surface area contributed by atoms with E-state index in [0.717, 1.165) is 17.5 Å². The van der Waals surface area contributed by atoms with Gasteiger partial charge in [0, 0.05) is 24.1 Å². The maximum Gasteiger partial charge on any atom is 0.254 e. The summed E-state index contributed by atoms with van der Waals surface area (Å²) >= 11 is 0. The lowest BCUT2D eigenvalue weighted by atomic mass is 9.83. The van der Waals surface area contributed by atoms with E-state index in [1.165, 1.54) is 5.56 Å². The average Bonchev–Trinajstić information content (AvgIpc) is 2.71. The molecule has 6 nitrogen and oxygen atoms in total. The second kappa shape index (κ2) is 6.68. The molecule has 2 heterocycles. The van der Waals surface area contributed by atoms with Crippen LogP contribution in [0.1, 0.15) is 33.1 Å². The standard InChI is InChI=1S/C21H23NO5/c1-24-17-6-5-13-15(20(17)27-4)10-16-14-11-19(26-3)18(25-2)9-12(14)7-8-22(16)21(13)23/h5-6,9,11,16H,7-8,10H2,1-4H3/t16-/m0/s1. The van der Waals surface area contributed by atoms with Gasteiger partial charge < -0.3 is 23.8 Å². The van der Waals surface area contributed by atoms with Crippen molar-refractivity contribution in [2.24, 2.45) is 0 Å². The second-order valence-electron chi connectivity index (χ2n) is 6.70. The fraction of sp³-hybridized carbons (Fsp3) is 0.381. The highest BCUT2D eigenvalue weighted by atomic mass is 16.5. The van der Waals surface area contributed by atoms with E-state index in [4.69, 9.17) is 18.9 Å². The molecule has 0 fully saturated rings. The molecule has 27 heavy (non-hydrogen) atoms. The number of hydrogen-bond donors (Lipinski definition) is 0. The number of carbonyl (C=O) groups is 1. The Morgan fingerprint density at radius 3 is 2.30 bits per heavy atom. The topological polar surface area (TPSA) is 57.2 Å². The van der Waals surface area contributed by atoms with Gasteiger partial charge in [0.05, 0.1) is 34.5 Å². The van der Waals surface area contributed by atoms with E-state index in [-0.39, 0.29) is 11.9 Å². The molecule has 0 saturated heterocycles. The predicted molar refractivity (Wildman–Crippen MR) is 100 cm³/mol. The highest BCUT2D eigenvalue weighted by molar-refractivity contribution is 5.98. The highest BCUT2D eigenvalue weighted by Gasteiger charge is 2.39. The summed E-state index contributed by atoms with van der Waals surface area (Å²) in [6, 6.07) is 7.58. The van der Waals surface area contributed by atoms with Crippen molar-refractivity contribution in [3.8, 4) is 23.0 Å². The summed E-state index contributed by atoms with van der Waals surface area (Å²) in [6.07, 6.45) is 1.46. The molecule has 2 aromatic carbocycles. The van der Waals surface area contributed by atoms with Crippen molar-refractivity contribution < 1.29 is 23.7 Å². The zero-order valence-electron chi connectivity index (χ0n) is 16.0. The van der Waals surface area contributed by atoms with Crippen molar-refractivity contribution >= 4 is 5.91 Å². The zero-order chi connectivity index (χ0) is 19.1. The van der Waals surface area contributed by atoms with Crippen LogP contribution >= 0.6 is 0 Å². The molecule has 0 saturated carbocycles. The molecule has 6 heteroatoms. The first kappa shape index (κ1) is 17.5. The first-order chi connectivity index (χ1) is 13.1. The van der Waals surface area contributed by atoms with E-state index in [2.05, 4.69) is 0 Å². The van der Waals surface area contributed by atoms with Crippen molar-refractivity contribution in [1.82, 2.24) is 4.90 Å². The molecule has 2 aliphatic heterocycles. The van der Waals surface area contributed by atoms with E-state index >= 15 is 0 Å². The van der Waals surface area contributed by atoms with E-state index in [9.17, 15) is 4.79 Å². The molecule has 2 aliphatic rings. The Labute approximate surface area is 158 Å². The molecule has 0 aromatic heterocycles. The SMILES string of the molecule is COc1cc2c(cc1OC)[C@@H]1Cc3c(ccc(OC)c3OC)C(=O)N1CC2. The molecule has 0 aliphatic carbocycles. The molecule has 0 unspecified atom stereocenters. The summed E-state index contributed by atoms with van der Waals surface area (Å²) in [5, 5.41) is 0. The van der Waals surface area contributed by atoms with Gasteiger partial charge in [0.2, 0.25) is 0 Å². The lowest BCUT2D eigenvalue weighted by Gasteiger charge is -2.41. The Kier molecular flexibility index (Phi) is 4.34. The van der Waals surface area contributed by atoms with Crippen molar-refractivity contribution in [3.63, 3.8) is 0 Å². The third-order valence-corrected chi connectivity index (χ3v) is 5.54. The van der Waals surface area contributed by atoms with Crippen LogP contribution < -0.4 is 18.9 Å². The van der Waals surface area contributed by atoms with Crippen LogP contribution in [0.2, 0.25) is 0 Å². The Balaban J connectivity index is 1.85. The van der Waals surface area contributed by atoms with Crippen molar-refractivity contribution in [3.05, 3.63) is 46.5 Å². The fourth-order valence-corrected chi connectivity index (χ4v) is 4.23. The minimum Gasteiger partial charge on any atom is -0.493 e. The van der Waals surface area contributed by atoms with Gasteiger partial charge >= 0.3 is 0 Å². The molecule has 2 aromatic rings. The van der Waals surface area contributed by atoms with Gasteiger partial charge in [-0.15, -0.1) is 0 Å². The molecular formula is C21H23NO5. The van der Waals surface area contributed by atoms with Gasteiger partial charge in [0.1, 0.15) is 0 Å². The number of rotatable bonds is 4. The monoisotopic (exact) mass is 369 g/mol. The Bertz CT molecular complexity index is 908. The number of ether oxygens (including phenoxy) is 4. The molecular weight excluding hydrogens is 346 g/mol. The van der Waals surface area contributed by atoms with E-state index in [1.54, 1.807) is 34.5 Å². The molecule has 0 bridgehead atoms. The van der Waals surface area contributed by atoms with Crippen LogP contribution in [-0.2, 0) is 12.8 Å². The second-order valence-corrected chi connectivity index (χ2v) is 6.70. The van der Waals surface area contributed by atoms with Gasteiger partial charge in [0.25, 0.3) is 5.91 Å². The van der Waals surface area contributed by atoms with E-state index in [0.29, 0.717) is 41.5 Å². The third-order valence-electron chi connectivity index (χ3n) is 5.54. The minimum absolute atomic E-state index is 0.0302. The molecule has 0 N–H and O–H groups in total. The number of carbonyl (C=O) groups excluding carboxylic acids is 1. The smallest absolute Gasteiger partial charge is 0.254 e. The third kappa shape index (κ3) is 2.59. The molecule has 142 valence electrons. The van der Waals surface area contributed by atoms with Crippen LogP contribution in [0.4, 0.5) is 0 Å². The zero-order valence-corrected chi connectivity index (χ0v) is 16.0. The number of methoxy groups -OCH3 is 4. The normalized spacial score (nSPS) is 17.6. The predicted octanol–water partition coefficient (Wildman–Crippen LogP) is 3.02. The molecule has 0 radical (unpaired) electrons. The summed E-state index contributed by atoms with van der Waals surface area (Å²) < 4.78 is 21.9. The first-order valence-electron chi connectivity index (χ1n) is 8.92. The van der Waals surface area contributed by atoms with Crippen molar-refractivity contribution in [2.45, 2.75) is 18.9 Å². The quantitative estimate of drug-likeness (QED) is 0.829. The summed E-state index contributed by atoms with van der Waals surface area (Å²) in [7, 11) is 6.48. The van der Waals surface area contributed by atoms with Crippen LogP contribution in [0.5, 0.6) is 23.0 Å². The Morgan fingerprint density at radius 1 is 0.926 bits per heavy atom. The van der Waals surface area contributed by atoms with Crippen LogP contribution in [-0.4, -0.2) is 45.8 Å². The number of fused-ring (bicyclic) bond motifs is 4. The van der Waals surface area contributed by atoms with Gasteiger partial charge in [-0.25, -0.2) is 0 Å². The van der Waals surface area contributed by atoms with Crippen LogP contribution in [0.25, 0.3) is 0 Å². The van der Waals surface area contributed by atoms with Gasteiger partial charge in [0.15, 0.2) is 23.0 Å². The summed E-state index contributed by atoms with van der Waals surface area (Å²) in [6.45, 7) is 0.680. The van der Waals surface area contributed by atoms with Crippen LogP contribution in [0.3, 0.4) is 0 Å². The van der Waals surface area contributed by atoms with Crippen molar-refractivity contribution in [1.29, 1.82) is 0 Å². The highest BCUT2D eigenvalue weighted by Crippen LogP contribution is 2.46. The summed E-state index contributed by atoms with van der Waals surface area (Å²) in [4.78, 5) is 15.1. The molecule has 0 spiro atoms. The maximum absolute atomic E-state index is 13.2. The van der Waals surface area contributed by atoms with Crippen LogP contribution in [0, 0.1) is 0 Å². The van der Waals surface area contributed by atoms with Crippen molar-refractivity contribution in [2.75, 3.05) is 35.0 Å². The molecule has 4 rings (SSSR count). The fourth-order valence-electron chi connectivity index (χ4n) is 4.23. The summed E-state index contributed by atoms with van der Waals surface area (Å²) in [5.74, 6) is 2.69. The number of amides is 1. The van der Waals surface area contributed by atoms with E-state index < -0.39 is 0 Å². The van der Waals surface area contributed by atoms with Gasteiger partial charge in [-0.3, -0.25) is 4.79 Å². The molecule has 1 amide bonds. The largest absolute Gasteiger partial charge is 0.493 e. The van der Waals surface area contributed by atoms with Crippen LogP contribution in [0.15, 0.2) is 24.3 Å².